The van der Waals surface area contributed by atoms with Crippen LogP contribution in [0, 0.1) is 0 Å². The van der Waals surface area contributed by atoms with Gasteiger partial charge in [-0.25, -0.2) is 0 Å². The fraction of sp³-hybridized carbons (Fsp3) is 0.500. The Balaban J connectivity index is 1.64. The van der Waals surface area contributed by atoms with Gasteiger partial charge in [0.25, 0.3) is 0 Å². The maximum atomic E-state index is 13.8. The van der Waals surface area contributed by atoms with Gasteiger partial charge in [0, 0.05) is 23.7 Å². The van der Waals surface area contributed by atoms with Crippen LogP contribution in [0.15, 0.2) is 42.5 Å². The third-order valence-corrected chi connectivity index (χ3v) is 6.57. The molecule has 168 valence electrons. The fourth-order valence-electron chi connectivity index (χ4n) is 4.74. The zero-order chi connectivity index (χ0) is 22.2. The summed E-state index contributed by atoms with van der Waals surface area (Å²) in [6.45, 7) is 3.94. The number of ether oxygens (including phenoxy) is 2. The summed E-state index contributed by atoms with van der Waals surface area (Å²) in [6, 6.07) is 13.6. The van der Waals surface area contributed by atoms with Gasteiger partial charge in [-0.3, -0.25) is 0 Å². The summed E-state index contributed by atoms with van der Waals surface area (Å²) >= 11 is 0. The molecule has 7 heteroatoms. The van der Waals surface area contributed by atoms with E-state index in [-0.39, 0.29) is 30.3 Å². The molecule has 4 rings (SSSR count). The lowest BCUT2D eigenvalue weighted by atomic mass is 9.88. The Labute approximate surface area is 181 Å². The number of piperidine rings is 1. The first kappa shape index (κ1) is 22.1. The van der Waals surface area contributed by atoms with Crippen LogP contribution >= 0.6 is 0 Å². The Hall–Kier alpha value is -2.09. The fourth-order valence-corrected chi connectivity index (χ4v) is 4.74. The van der Waals surface area contributed by atoms with Gasteiger partial charge >= 0.3 is 6.18 Å². The molecule has 31 heavy (non-hydrogen) atoms. The number of alkyl halides is 3. The lowest BCUT2D eigenvalue weighted by Gasteiger charge is -2.36. The number of hydrogen-bond donors (Lipinski definition) is 2. The predicted molar refractivity (Wildman–Crippen MR) is 113 cm³/mol. The number of rotatable bonds is 5. The number of nitrogens with one attached hydrogen (secondary N) is 2. The van der Waals surface area contributed by atoms with Gasteiger partial charge in [-0.15, -0.1) is 0 Å². The quantitative estimate of drug-likeness (QED) is 0.683. The van der Waals surface area contributed by atoms with Crippen molar-refractivity contribution in [2.75, 3.05) is 13.7 Å². The zero-order valence-electron chi connectivity index (χ0n) is 18.1. The summed E-state index contributed by atoms with van der Waals surface area (Å²) in [7, 11) is 1.55. The van der Waals surface area contributed by atoms with Crippen LogP contribution in [-0.4, -0.2) is 25.9 Å². The van der Waals surface area contributed by atoms with E-state index in [1.165, 1.54) is 5.56 Å². The molecule has 0 spiro atoms. The molecule has 2 aromatic rings. The second-order valence-electron chi connectivity index (χ2n) is 8.55. The minimum atomic E-state index is -4.49. The highest BCUT2D eigenvalue weighted by Crippen LogP contribution is 2.49. The topological polar surface area (TPSA) is 42.5 Å². The minimum absolute atomic E-state index is 0.0770. The van der Waals surface area contributed by atoms with E-state index in [4.69, 9.17) is 9.47 Å². The second kappa shape index (κ2) is 8.45. The van der Waals surface area contributed by atoms with Crippen LogP contribution in [0.3, 0.4) is 0 Å². The van der Waals surface area contributed by atoms with Crippen molar-refractivity contribution in [2.24, 2.45) is 0 Å². The lowest BCUT2D eigenvalue weighted by Crippen LogP contribution is -2.46. The van der Waals surface area contributed by atoms with Crippen LogP contribution in [0.25, 0.3) is 0 Å². The molecule has 2 N–H and O–H groups in total. The zero-order valence-corrected chi connectivity index (χ0v) is 18.1. The summed E-state index contributed by atoms with van der Waals surface area (Å²) in [5.74, 6) is 0.578. The van der Waals surface area contributed by atoms with Gasteiger partial charge in [0.15, 0.2) is 5.60 Å². The summed E-state index contributed by atoms with van der Waals surface area (Å²) < 4.78 is 52.1. The van der Waals surface area contributed by atoms with Crippen LogP contribution in [0.2, 0.25) is 0 Å². The van der Waals surface area contributed by atoms with Crippen molar-refractivity contribution in [2.45, 2.75) is 63.2 Å². The third kappa shape index (κ3) is 4.06. The van der Waals surface area contributed by atoms with Crippen LogP contribution in [0.1, 0.15) is 61.0 Å². The average molecular weight is 435 g/mol. The van der Waals surface area contributed by atoms with Crippen molar-refractivity contribution >= 4 is 0 Å². The van der Waals surface area contributed by atoms with Crippen molar-refractivity contribution in [1.29, 1.82) is 0 Å². The van der Waals surface area contributed by atoms with Gasteiger partial charge in [0.05, 0.1) is 13.7 Å². The Kier molecular flexibility index (Phi) is 6.03. The standard InChI is InChI=1S/C24H29F3N2O2/c1-15(29-20-10-7-11-28-22(20)16-8-5-4-6-9-16)18-13-19-17(12-21(18)30-3)14-31-23(19,2)24(25,26)27/h4-6,8-9,12-13,15,20,22,28-29H,7,10-11,14H2,1-3H3. The molecule has 2 heterocycles. The van der Waals surface area contributed by atoms with E-state index in [1.807, 2.05) is 25.1 Å². The molecule has 4 atom stereocenters. The van der Waals surface area contributed by atoms with Crippen molar-refractivity contribution in [1.82, 2.24) is 10.6 Å². The van der Waals surface area contributed by atoms with E-state index in [2.05, 4.69) is 22.8 Å². The molecule has 0 bridgehead atoms. The molecule has 2 aliphatic heterocycles. The predicted octanol–water partition coefficient (Wildman–Crippen LogP) is 5.15. The van der Waals surface area contributed by atoms with E-state index >= 15 is 0 Å². The summed E-state index contributed by atoms with van der Waals surface area (Å²) in [5, 5.41) is 7.23. The number of fused-ring (bicyclic) bond motifs is 1. The van der Waals surface area contributed by atoms with Crippen molar-refractivity contribution < 1.29 is 22.6 Å². The smallest absolute Gasteiger partial charge is 0.421 e. The van der Waals surface area contributed by atoms with Crippen molar-refractivity contribution in [3.8, 4) is 5.75 Å². The SMILES string of the molecule is COc1cc2c(cc1C(C)NC1CCCNC1c1ccccc1)C(C)(C(F)(F)F)OC2. The van der Waals surface area contributed by atoms with Gasteiger partial charge < -0.3 is 20.1 Å². The Bertz CT molecular complexity index is 919. The normalized spacial score (nSPS) is 27.0. The molecule has 0 radical (unpaired) electrons. The molecule has 2 aromatic carbocycles. The Morgan fingerprint density at radius 1 is 1.23 bits per heavy atom. The van der Waals surface area contributed by atoms with Crippen LogP contribution < -0.4 is 15.4 Å². The number of hydrogen-bond acceptors (Lipinski definition) is 4. The van der Waals surface area contributed by atoms with Gasteiger partial charge in [-0.2, -0.15) is 13.2 Å². The van der Waals surface area contributed by atoms with Gasteiger partial charge in [0.1, 0.15) is 5.75 Å². The molecular formula is C24H29F3N2O2. The van der Waals surface area contributed by atoms with Gasteiger partial charge in [-0.1, -0.05) is 30.3 Å². The molecule has 1 saturated heterocycles. The van der Waals surface area contributed by atoms with E-state index in [0.717, 1.165) is 26.3 Å². The maximum Gasteiger partial charge on any atom is 0.421 e. The van der Waals surface area contributed by atoms with Crippen LogP contribution in [0.4, 0.5) is 13.2 Å². The minimum Gasteiger partial charge on any atom is -0.496 e. The second-order valence-corrected chi connectivity index (χ2v) is 8.55. The Morgan fingerprint density at radius 3 is 2.65 bits per heavy atom. The number of halogens is 3. The molecule has 0 amide bonds. The average Bonchev–Trinajstić information content (AvgIpc) is 3.11. The molecular weight excluding hydrogens is 405 g/mol. The molecule has 2 aliphatic rings. The highest BCUT2D eigenvalue weighted by atomic mass is 19.4. The summed E-state index contributed by atoms with van der Waals surface area (Å²) in [4.78, 5) is 0. The highest BCUT2D eigenvalue weighted by Gasteiger charge is 2.57. The van der Waals surface area contributed by atoms with Crippen molar-refractivity contribution in [3.05, 3.63) is 64.7 Å². The van der Waals surface area contributed by atoms with Gasteiger partial charge in [-0.05, 0) is 62.1 Å². The van der Waals surface area contributed by atoms with E-state index in [9.17, 15) is 13.2 Å². The first-order chi connectivity index (χ1) is 14.7. The van der Waals surface area contributed by atoms with Crippen molar-refractivity contribution in [3.63, 3.8) is 0 Å². The third-order valence-electron chi connectivity index (χ3n) is 6.57. The largest absolute Gasteiger partial charge is 0.496 e. The monoisotopic (exact) mass is 434 g/mol. The molecule has 4 unspecified atom stereocenters. The lowest BCUT2D eigenvalue weighted by molar-refractivity contribution is -0.272. The molecule has 0 aromatic heterocycles. The van der Waals surface area contributed by atoms with Crippen LogP contribution in [-0.2, 0) is 16.9 Å². The first-order valence-electron chi connectivity index (χ1n) is 10.7. The molecule has 4 nitrogen and oxygen atoms in total. The number of benzene rings is 2. The summed E-state index contributed by atoms with van der Waals surface area (Å²) in [6.07, 6.45) is -2.48. The number of methoxy groups -OCH3 is 1. The summed E-state index contributed by atoms with van der Waals surface area (Å²) in [5.41, 5.74) is 0.299. The molecule has 1 fully saturated rings. The highest BCUT2D eigenvalue weighted by molar-refractivity contribution is 5.48. The first-order valence-corrected chi connectivity index (χ1v) is 10.7. The Morgan fingerprint density at radius 2 is 1.97 bits per heavy atom. The van der Waals surface area contributed by atoms with E-state index < -0.39 is 11.8 Å². The molecule has 0 aliphatic carbocycles. The van der Waals surface area contributed by atoms with Gasteiger partial charge in [0.2, 0.25) is 0 Å². The van der Waals surface area contributed by atoms with E-state index in [1.54, 1.807) is 19.2 Å². The van der Waals surface area contributed by atoms with E-state index in [0.29, 0.717) is 16.9 Å². The maximum absolute atomic E-state index is 13.8. The molecule has 0 saturated carbocycles. The van der Waals surface area contributed by atoms with Crippen LogP contribution in [0.5, 0.6) is 5.75 Å².